The molecule has 0 atom stereocenters. The van der Waals surface area contributed by atoms with Crippen LogP contribution >= 0.6 is 15.9 Å². The summed E-state index contributed by atoms with van der Waals surface area (Å²) >= 11 is 3.32. The van der Waals surface area contributed by atoms with Crippen LogP contribution < -0.4 is 14.8 Å². The monoisotopic (exact) mass is 380 g/mol. The van der Waals surface area contributed by atoms with Crippen LogP contribution in [0.5, 0.6) is 11.5 Å². The molecule has 0 saturated carbocycles. The number of carbonyl (C=O) groups is 1. The molecule has 0 heterocycles. The summed E-state index contributed by atoms with van der Waals surface area (Å²) in [5.74, 6) is 0.259. The molecule has 0 aliphatic carbocycles. The van der Waals surface area contributed by atoms with Gasteiger partial charge < -0.3 is 14.8 Å². The first-order chi connectivity index (χ1) is 11.0. The van der Waals surface area contributed by atoms with Crippen LogP contribution in [0.1, 0.15) is 10.4 Å². The normalized spacial score (nSPS) is 10.0. The smallest absolute Gasteiger partial charge is 0.311 e. The highest BCUT2D eigenvalue weighted by atomic mass is 79.9. The van der Waals surface area contributed by atoms with Crippen molar-refractivity contribution < 1.29 is 19.2 Å². The Morgan fingerprint density at radius 1 is 1.13 bits per heavy atom. The van der Waals surface area contributed by atoms with Gasteiger partial charge in [-0.2, -0.15) is 0 Å². The van der Waals surface area contributed by atoms with E-state index in [9.17, 15) is 14.9 Å². The van der Waals surface area contributed by atoms with Gasteiger partial charge in [0, 0.05) is 17.3 Å². The second-order valence-corrected chi connectivity index (χ2v) is 5.30. The molecule has 1 N–H and O–H groups in total. The SMILES string of the molecule is COc1ccc(NC(=O)c2ccc(OC)c([N+](=O)[O-])c2)cc1Br. The van der Waals surface area contributed by atoms with E-state index >= 15 is 0 Å². The van der Waals surface area contributed by atoms with E-state index in [1.165, 1.54) is 32.4 Å². The molecular weight excluding hydrogens is 368 g/mol. The number of nitro benzene ring substituents is 1. The first kappa shape index (κ1) is 16.8. The van der Waals surface area contributed by atoms with Crippen molar-refractivity contribution in [1.82, 2.24) is 0 Å². The van der Waals surface area contributed by atoms with Gasteiger partial charge in [-0.25, -0.2) is 0 Å². The molecule has 0 aromatic heterocycles. The molecule has 0 fully saturated rings. The molecule has 0 radical (unpaired) electrons. The lowest BCUT2D eigenvalue weighted by Crippen LogP contribution is -2.12. The average Bonchev–Trinajstić information content (AvgIpc) is 2.54. The van der Waals surface area contributed by atoms with E-state index in [4.69, 9.17) is 9.47 Å². The van der Waals surface area contributed by atoms with Crippen LogP contribution in [0.4, 0.5) is 11.4 Å². The Hall–Kier alpha value is -2.61. The van der Waals surface area contributed by atoms with Crippen LogP contribution in [0.25, 0.3) is 0 Å². The number of methoxy groups -OCH3 is 2. The van der Waals surface area contributed by atoms with Gasteiger partial charge in [0.2, 0.25) is 0 Å². The van der Waals surface area contributed by atoms with Crippen molar-refractivity contribution >= 4 is 33.2 Å². The van der Waals surface area contributed by atoms with E-state index in [-0.39, 0.29) is 17.0 Å². The highest BCUT2D eigenvalue weighted by molar-refractivity contribution is 9.10. The fraction of sp³-hybridized carbons (Fsp3) is 0.133. The van der Waals surface area contributed by atoms with E-state index in [1.54, 1.807) is 18.2 Å². The number of hydrogen-bond donors (Lipinski definition) is 1. The van der Waals surface area contributed by atoms with Crippen molar-refractivity contribution in [2.24, 2.45) is 0 Å². The number of anilines is 1. The predicted octanol–water partition coefficient (Wildman–Crippen LogP) is 3.63. The van der Waals surface area contributed by atoms with Gasteiger partial charge in [0.25, 0.3) is 5.91 Å². The zero-order valence-corrected chi connectivity index (χ0v) is 13.9. The first-order valence-electron chi connectivity index (χ1n) is 6.43. The number of carbonyl (C=O) groups excluding carboxylic acids is 1. The molecule has 0 aliphatic heterocycles. The molecule has 0 saturated heterocycles. The summed E-state index contributed by atoms with van der Waals surface area (Å²) in [6, 6.07) is 9.05. The van der Waals surface area contributed by atoms with E-state index < -0.39 is 10.8 Å². The molecular formula is C15H13BrN2O5. The Labute approximate surface area is 140 Å². The summed E-state index contributed by atoms with van der Waals surface area (Å²) in [7, 11) is 2.87. The van der Waals surface area contributed by atoms with E-state index in [0.29, 0.717) is 15.9 Å². The zero-order valence-electron chi connectivity index (χ0n) is 12.3. The quantitative estimate of drug-likeness (QED) is 0.631. The van der Waals surface area contributed by atoms with Crippen LogP contribution in [-0.2, 0) is 0 Å². The fourth-order valence-electron chi connectivity index (χ4n) is 1.92. The summed E-state index contributed by atoms with van der Waals surface area (Å²) in [6.45, 7) is 0. The van der Waals surface area contributed by atoms with Gasteiger partial charge in [0.05, 0.1) is 23.6 Å². The number of ether oxygens (including phenoxy) is 2. The van der Waals surface area contributed by atoms with Crippen molar-refractivity contribution in [3.8, 4) is 11.5 Å². The van der Waals surface area contributed by atoms with Crippen LogP contribution in [0, 0.1) is 10.1 Å². The molecule has 120 valence electrons. The minimum atomic E-state index is -0.598. The Balaban J connectivity index is 2.25. The van der Waals surface area contributed by atoms with Crippen molar-refractivity contribution in [1.29, 1.82) is 0 Å². The van der Waals surface area contributed by atoms with E-state index in [2.05, 4.69) is 21.2 Å². The standard InChI is InChI=1S/C15H13BrN2O5/c1-22-13-6-4-10(8-11(13)16)17-15(19)9-3-5-14(23-2)12(7-9)18(20)21/h3-8H,1-2H3,(H,17,19). The molecule has 7 nitrogen and oxygen atoms in total. The predicted molar refractivity (Wildman–Crippen MR) is 88.3 cm³/mol. The average molecular weight is 381 g/mol. The Morgan fingerprint density at radius 3 is 2.35 bits per heavy atom. The highest BCUT2D eigenvalue weighted by Crippen LogP contribution is 2.29. The first-order valence-corrected chi connectivity index (χ1v) is 7.23. The lowest BCUT2D eigenvalue weighted by Gasteiger charge is -2.09. The second-order valence-electron chi connectivity index (χ2n) is 4.45. The number of nitrogens with one attached hydrogen (secondary N) is 1. The van der Waals surface area contributed by atoms with Crippen molar-refractivity contribution in [2.75, 3.05) is 19.5 Å². The zero-order chi connectivity index (χ0) is 17.0. The number of hydrogen-bond acceptors (Lipinski definition) is 5. The highest BCUT2D eigenvalue weighted by Gasteiger charge is 2.18. The van der Waals surface area contributed by atoms with Gasteiger partial charge in [0.1, 0.15) is 5.75 Å². The number of halogens is 1. The van der Waals surface area contributed by atoms with Crippen LogP contribution in [0.2, 0.25) is 0 Å². The molecule has 23 heavy (non-hydrogen) atoms. The fourth-order valence-corrected chi connectivity index (χ4v) is 2.46. The molecule has 2 aromatic carbocycles. The van der Waals surface area contributed by atoms with Crippen LogP contribution in [0.3, 0.4) is 0 Å². The number of amides is 1. The maximum absolute atomic E-state index is 12.2. The van der Waals surface area contributed by atoms with Crippen molar-refractivity contribution in [3.63, 3.8) is 0 Å². The molecule has 2 aromatic rings. The minimum Gasteiger partial charge on any atom is -0.496 e. The third-order valence-corrected chi connectivity index (χ3v) is 3.67. The summed E-state index contributed by atoms with van der Waals surface area (Å²) in [5, 5.41) is 13.7. The number of rotatable bonds is 5. The lowest BCUT2D eigenvalue weighted by atomic mass is 10.1. The second kappa shape index (κ2) is 7.10. The van der Waals surface area contributed by atoms with Gasteiger partial charge >= 0.3 is 5.69 Å². The van der Waals surface area contributed by atoms with Gasteiger partial charge in [-0.15, -0.1) is 0 Å². The summed E-state index contributed by atoms with van der Waals surface area (Å²) in [5.41, 5.74) is 0.418. The molecule has 2 rings (SSSR count). The molecule has 0 aliphatic rings. The van der Waals surface area contributed by atoms with E-state index in [0.717, 1.165) is 0 Å². The number of nitro groups is 1. The molecule has 0 spiro atoms. The Morgan fingerprint density at radius 2 is 1.78 bits per heavy atom. The van der Waals surface area contributed by atoms with Crippen LogP contribution in [0.15, 0.2) is 40.9 Å². The molecule has 0 unspecified atom stereocenters. The Kier molecular flexibility index (Phi) is 5.17. The topological polar surface area (TPSA) is 90.7 Å². The molecule has 8 heteroatoms. The largest absolute Gasteiger partial charge is 0.496 e. The van der Waals surface area contributed by atoms with E-state index in [1.807, 2.05) is 0 Å². The third-order valence-electron chi connectivity index (χ3n) is 3.05. The van der Waals surface area contributed by atoms with Gasteiger partial charge in [0.15, 0.2) is 5.75 Å². The van der Waals surface area contributed by atoms with Gasteiger partial charge in [-0.05, 0) is 46.3 Å². The van der Waals surface area contributed by atoms with Gasteiger partial charge in [-0.1, -0.05) is 0 Å². The van der Waals surface area contributed by atoms with Crippen LogP contribution in [-0.4, -0.2) is 25.1 Å². The molecule has 0 bridgehead atoms. The summed E-state index contributed by atoms with van der Waals surface area (Å²) in [4.78, 5) is 22.6. The summed E-state index contributed by atoms with van der Waals surface area (Å²) < 4.78 is 10.7. The maximum atomic E-state index is 12.2. The summed E-state index contributed by atoms with van der Waals surface area (Å²) in [6.07, 6.45) is 0. The molecule has 1 amide bonds. The number of nitrogens with zero attached hydrogens (tertiary/aromatic N) is 1. The van der Waals surface area contributed by atoms with Crippen molar-refractivity contribution in [2.45, 2.75) is 0 Å². The maximum Gasteiger partial charge on any atom is 0.311 e. The lowest BCUT2D eigenvalue weighted by molar-refractivity contribution is -0.385. The minimum absolute atomic E-state index is 0.0961. The van der Waals surface area contributed by atoms with Crippen molar-refractivity contribution in [3.05, 3.63) is 56.5 Å². The van der Waals surface area contributed by atoms with Gasteiger partial charge in [-0.3, -0.25) is 14.9 Å². The third kappa shape index (κ3) is 3.78. The Bertz CT molecular complexity index is 764. The number of benzene rings is 2.